The van der Waals surface area contributed by atoms with Crippen LogP contribution >= 0.6 is 11.7 Å². The monoisotopic (exact) mass is 207 g/mol. The van der Waals surface area contributed by atoms with E-state index in [9.17, 15) is 0 Å². The van der Waals surface area contributed by atoms with Gasteiger partial charge in [0.1, 0.15) is 23.5 Å². The maximum Gasteiger partial charge on any atom is 0.184 e. The molecule has 0 amide bonds. The summed E-state index contributed by atoms with van der Waals surface area (Å²) >= 11 is 1.24. The highest BCUT2D eigenvalue weighted by molar-refractivity contribution is 6.99. The number of ether oxygens (including phenoxy) is 1. The molecule has 0 bridgehead atoms. The van der Waals surface area contributed by atoms with Gasteiger partial charge in [0.15, 0.2) is 5.90 Å². The van der Waals surface area contributed by atoms with Crippen molar-refractivity contribution in [1.82, 2.24) is 8.75 Å². The quantitative estimate of drug-likeness (QED) is 0.705. The summed E-state index contributed by atoms with van der Waals surface area (Å²) in [7, 11) is 0. The van der Waals surface area contributed by atoms with Crippen molar-refractivity contribution >= 4 is 23.7 Å². The van der Waals surface area contributed by atoms with Crippen molar-refractivity contribution < 1.29 is 4.74 Å². The fraction of sp³-hybridized carbons (Fsp3) is 0.444. The first-order valence-electron chi connectivity index (χ1n) is 4.62. The zero-order valence-corrected chi connectivity index (χ0v) is 8.49. The smallest absolute Gasteiger partial charge is 0.184 e. The second-order valence-corrected chi connectivity index (χ2v) is 3.83. The van der Waals surface area contributed by atoms with Gasteiger partial charge in [0, 0.05) is 6.42 Å². The number of nitrogens with zero attached hydrogens (tertiary/aromatic N) is 3. The molecule has 2 heterocycles. The van der Waals surface area contributed by atoms with Crippen LogP contribution in [0.25, 0.3) is 6.08 Å². The van der Waals surface area contributed by atoms with Gasteiger partial charge in [-0.05, 0) is 12.2 Å². The van der Waals surface area contributed by atoms with E-state index in [1.54, 1.807) is 0 Å². The van der Waals surface area contributed by atoms with Gasteiger partial charge >= 0.3 is 0 Å². The van der Waals surface area contributed by atoms with E-state index in [1.165, 1.54) is 11.7 Å². The van der Waals surface area contributed by atoms with Crippen molar-refractivity contribution in [2.24, 2.45) is 4.99 Å². The van der Waals surface area contributed by atoms with Crippen molar-refractivity contribution in [2.75, 3.05) is 0 Å². The summed E-state index contributed by atoms with van der Waals surface area (Å²) in [5.41, 5.74) is 1.91. The molecule has 0 saturated carbocycles. The van der Waals surface area contributed by atoms with Crippen LogP contribution in [0.15, 0.2) is 11.1 Å². The average molecular weight is 207 g/mol. The Morgan fingerprint density at radius 3 is 3.29 bits per heavy atom. The van der Waals surface area contributed by atoms with Crippen LogP contribution in [0, 0.1) is 0 Å². The topological polar surface area (TPSA) is 47.4 Å². The Balaban J connectivity index is 2.05. The second kappa shape index (κ2) is 2.88. The lowest BCUT2D eigenvalue weighted by Crippen LogP contribution is -2.17. The molecule has 0 saturated heterocycles. The van der Waals surface area contributed by atoms with Gasteiger partial charge in [0.2, 0.25) is 0 Å². The predicted molar refractivity (Wildman–Crippen MR) is 54.3 cm³/mol. The van der Waals surface area contributed by atoms with Crippen molar-refractivity contribution in [3.05, 3.63) is 17.5 Å². The molecular formula is C9H9N3OS. The maximum absolute atomic E-state index is 5.64. The molecule has 4 nitrogen and oxygen atoms in total. The Labute approximate surface area is 85.7 Å². The number of hydrogen-bond donors (Lipinski definition) is 0. The van der Waals surface area contributed by atoms with Gasteiger partial charge < -0.3 is 4.74 Å². The molecule has 72 valence electrons. The SMILES string of the molecule is CCC1=NC2c3nsnc3C=CC2O1. The summed E-state index contributed by atoms with van der Waals surface area (Å²) in [5, 5.41) is 0. The second-order valence-electron chi connectivity index (χ2n) is 3.30. The van der Waals surface area contributed by atoms with E-state index in [0.717, 1.165) is 23.7 Å². The molecule has 0 aromatic carbocycles. The Morgan fingerprint density at radius 1 is 1.50 bits per heavy atom. The fourth-order valence-corrected chi connectivity index (χ4v) is 2.30. The first kappa shape index (κ1) is 8.11. The predicted octanol–water partition coefficient (Wildman–Crippen LogP) is 1.81. The van der Waals surface area contributed by atoms with E-state index in [4.69, 9.17) is 4.74 Å². The highest BCUT2D eigenvalue weighted by atomic mass is 32.1. The summed E-state index contributed by atoms with van der Waals surface area (Å²) in [6.45, 7) is 2.04. The molecule has 1 aromatic heterocycles. The minimum Gasteiger partial charge on any atom is -0.471 e. The zero-order valence-electron chi connectivity index (χ0n) is 7.67. The summed E-state index contributed by atoms with van der Waals surface area (Å²) < 4.78 is 14.1. The van der Waals surface area contributed by atoms with Gasteiger partial charge in [-0.15, -0.1) is 0 Å². The standard InChI is InChI=1S/C9H9N3OS/c1-2-7-10-9-6(13-7)4-3-5-8(9)12-14-11-5/h3-4,6,9H,2H2,1H3. The maximum atomic E-state index is 5.64. The van der Waals surface area contributed by atoms with Crippen LogP contribution < -0.4 is 0 Å². The molecule has 14 heavy (non-hydrogen) atoms. The number of aliphatic imine (C=N–C) groups is 1. The summed E-state index contributed by atoms with van der Waals surface area (Å²) in [6, 6.07) is 0.0451. The van der Waals surface area contributed by atoms with Gasteiger partial charge in [-0.3, -0.25) is 0 Å². The average Bonchev–Trinajstić information content (AvgIpc) is 2.82. The molecule has 3 rings (SSSR count). The molecule has 2 unspecified atom stereocenters. The Hall–Kier alpha value is -1.23. The fourth-order valence-electron chi connectivity index (χ4n) is 1.73. The normalized spacial score (nSPS) is 27.9. The van der Waals surface area contributed by atoms with E-state index >= 15 is 0 Å². The number of aromatic nitrogens is 2. The third-order valence-electron chi connectivity index (χ3n) is 2.43. The molecule has 1 aliphatic carbocycles. The van der Waals surface area contributed by atoms with E-state index in [0.29, 0.717) is 0 Å². The van der Waals surface area contributed by atoms with Crippen LogP contribution in [0.5, 0.6) is 0 Å². The van der Waals surface area contributed by atoms with E-state index in [-0.39, 0.29) is 12.1 Å². The molecule has 0 radical (unpaired) electrons. The van der Waals surface area contributed by atoms with Gasteiger partial charge in [0.25, 0.3) is 0 Å². The van der Waals surface area contributed by atoms with Gasteiger partial charge in [-0.1, -0.05) is 6.92 Å². The van der Waals surface area contributed by atoms with Crippen LogP contribution in [-0.2, 0) is 4.74 Å². The molecule has 1 aromatic rings. The molecule has 2 aliphatic rings. The van der Waals surface area contributed by atoms with E-state index < -0.39 is 0 Å². The first-order chi connectivity index (χ1) is 6.88. The van der Waals surface area contributed by atoms with Crippen LogP contribution in [0.3, 0.4) is 0 Å². The molecule has 0 N–H and O–H groups in total. The molecule has 2 atom stereocenters. The largest absolute Gasteiger partial charge is 0.471 e. The first-order valence-corrected chi connectivity index (χ1v) is 5.35. The van der Waals surface area contributed by atoms with Crippen LogP contribution in [0.1, 0.15) is 30.8 Å². The molecule has 5 heteroatoms. The zero-order chi connectivity index (χ0) is 9.54. The lowest BCUT2D eigenvalue weighted by molar-refractivity contribution is 0.235. The minimum atomic E-state index is 0.0429. The third-order valence-corrected chi connectivity index (χ3v) is 2.99. The Bertz CT molecular complexity index is 423. The molecule has 0 spiro atoms. The summed E-state index contributed by atoms with van der Waals surface area (Å²) in [5.74, 6) is 0.825. The van der Waals surface area contributed by atoms with Crippen molar-refractivity contribution in [3.8, 4) is 0 Å². The van der Waals surface area contributed by atoms with Crippen molar-refractivity contribution in [2.45, 2.75) is 25.5 Å². The molecule has 0 fully saturated rings. The summed E-state index contributed by atoms with van der Waals surface area (Å²) in [6.07, 6.45) is 4.86. The van der Waals surface area contributed by atoms with Gasteiger partial charge in [-0.25, -0.2) is 4.99 Å². The Morgan fingerprint density at radius 2 is 2.43 bits per heavy atom. The molecule has 1 aliphatic heterocycles. The number of fused-ring (bicyclic) bond motifs is 3. The highest BCUT2D eigenvalue weighted by Crippen LogP contribution is 2.35. The number of rotatable bonds is 1. The van der Waals surface area contributed by atoms with Gasteiger partial charge in [-0.2, -0.15) is 8.75 Å². The highest BCUT2D eigenvalue weighted by Gasteiger charge is 2.35. The molecular weight excluding hydrogens is 198 g/mol. The number of hydrogen-bond acceptors (Lipinski definition) is 5. The van der Waals surface area contributed by atoms with Crippen LogP contribution in [0.4, 0.5) is 0 Å². The third kappa shape index (κ3) is 1.02. The lowest BCUT2D eigenvalue weighted by atomic mass is 10.0. The van der Waals surface area contributed by atoms with Crippen LogP contribution in [-0.4, -0.2) is 20.7 Å². The van der Waals surface area contributed by atoms with Crippen LogP contribution in [0.2, 0.25) is 0 Å². The van der Waals surface area contributed by atoms with Crippen molar-refractivity contribution in [3.63, 3.8) is 0 Å². The van der Waals surface area contributed by atoms with E-state index in [1.807, 2.05) is 19.1 Å². The van der Waals surface area contributed by atoms with Gasteiger partial charge in [0.05, 0.1) is 11.7 Å². The van der Waals surface area contributed by atoms with E-state index in [2.05, 4.69) is 13.7 Å². The lowest BCUT2D eigenvalue weighted by Gasteiger charge is -2.15. The Kier molecular flexibility index (Phi) is 1.67. The van der Waals surface area contributed by atoms with Crippen molar-refractivity contribution in [1.29, 1.82) is 0 Å². The summed E-state index contributed by atoms with van der Waals surface area (Å²) in [4.78, 5) is 4.49. The minimum absolute atomic E-state index is 0.0429.